The molecule has 9 heteroatoms. The maximum absolute atomic E-state index is 13.3. The first-order chi connectivity index (χ1) is 14.0. The number of hydrogen-bond acceptors (Lipinski definition) is 4. The largest absolute Gasteiger partial charge is 0.390 e. The summed E-state index contributed by atoms with van der Waals surface area (Å²) in [5.74, 6) is -5.46. The molecular weight excluding hydrogens is 419 g/mol. The van der Waals surface area contributed by atoms with Crippen molar-refractivity contribution < 1.29 is 31.5 Å². The van der Waals surface area contributed by atoms with E-state index in [1.54, 1.807) is 6.92 Å². The Morgan fingerprint density at radius 3 is 2.23 bits per heavy atom. The molecule has 3 aliphatic carbocycles. The number of anilines is 1. The Balaban J connectivity index is 1.55. The van der Waals surface area contributed by atoms with Crippen molar-refractivity contribution in [3.8, 4) is 0 Å². The van der Waals surface area contributed by atoms with E-state index in [0.717, 1.165) is 6.42 Å². The lowest BCUT2D eigenvalue weighted by atomic mass is 9.54. The molecule has 5 nitrogen and oxygen atoms in total. The molecule has 2 N–H and O–H groups in total. The van der Waals surface area contributed by atoms with Crippen LogP contribution in [0.4, 0.5) is 18.9 Å². The summed E-state index contributed by atoms with van der Waals surface area (Å²) < 4.78 is 65.9. The maximum Gasteiger partial charge on any atom is 0.255 e. The van der Waals surface area contributed by atoms with E-state index in [2.05, 4.69) is 5.32 Å². The summed E-state index contributed by atoms with van der Waals surface area (Å²) in [6, 6.07) is 6.65. The molecule has 0 saturated heterocycles. The Morgan fingerprint density at radius 2 is 1.67 bits per heavy atom. The molecule has 30 heavy (non-hydrogen) atoms. The zero-order valence-corrected chi connectivity index (χ0v) is 16.8. The van der Waals surface area contributed by atoms with E-state index in [1.807, 2.05) is 0 Å². The number of sulfone groups is 1. The van der Waals surface area contributed by atoms with Crippen molar-refractivity contribution in [2.24, 2.45) is 11.8 Å². The first-order valence-electron chi connectivity index (χ1n) is 9.52. The van der Waals surface area contributed by atoms with Gasteiger partial charge in [-0.2, -0.15) is 0 Å². The van der Waals surface area contributed by atoms with Crippen LogP contribution < -0.4 is 5.32 Å². The van der Waals surface area contributed by atoms with Crippen LogP contribution in [-0.4, -0.2) is 30.3 Å². The number of fused-ring (bicyclic) bond motifs is 2. The molecule has 0 spiro atoms. The average Bonchev–Trinajstić information content (AvgIpc) is 2.72. The number of benzene rings is 2. The number of hydrogen-bond donors (Lipinski definition) is 2. The third-order valence-corrected chi connectivity index (χ3v) is 8.60. The van der Waals surface area contributed by atoms with Gasteiger partial charge in [0.15, 0.2) is 27.3 Å². The molecule has 5 rings (SSSR count). The normalized spacial score (nSPS) is 28.0. The molecule has 2 unspecified atom stereocenters. The second kappa shape index (κ2) is 7.09. The highest BCUT2D eigenvalue weighted by atomic mass is 32.2. The SMILES string of the molecule is C[C@]1(O)C2CC1C[C@@H](S(=O)(=O)c1cccc(C(=O)Nc3cc(F)c(F)c(F)c3)c1)C2. The minimum Gasteiger partial charge on any atom is -0.390 e. The smallest absolute Gasteiger partial charge is 0.255 e. The van der Waals surface area contributed by atoms with Crippen molar-refractivity contribution >= 4 is 21.4 Å². The highest BCUT2D eigenvalue weighted by Gasteiger charge is 2.57. The van der Waals surface area contributed by atoms with Gasteiger partial charge in [0.25, 0.3) is 5.91 Å². The van der Waals surface area contributed by atoms with Crippen molar-refractivity contribution in [2.75, 3.05) is 5.32 Å². The first-order valence-corrected chi connectivity index (χ1v) is 11.1. The Hall–Kier alpha value is -2.39. The van der Waals surface area contributed by atoms with Gasteiger partial charge in [0, 0.05) is 23.4 Å². The van der Waals surface area contributed by atoms with Crippen molar-refractivity contribution in [2.45, 2.75) is 41.9 Å². The fourth-order valence-electron chi connectivity index (χ4n) is 4.49. The van der Waals surface area contributed by atoms with E-state index in [4.69, 9.17) is 0 Å². The van der Waals surface area contributed by atoms with E-state index in [1.165, 1.54) is 24.3 Å². The topological polar surface area (TPSA) is 83.5 Å². The number of nitrogens with one attached hydrogen (secondary N) is 1. The van der Waals surface area contributed by atoms with Crippen LogP contribution in [0, 0.1) is 29.3 Å². The van der Waals surface area contributed by atoms with E-state index < -0.39 is 44.0 Å². The van der Waals surface area contributed by atoms with Gasteiger partial charge < -0.3 is 10.4 Å². The monoisotopic (exact) mass is 439 g/mol. The lowest BCUT2D eigenvalue weighted by Gasteiger charge is -2.56. The summed E-state index contributed by atoms with van der Waals surface area (Å²) in [6.07, 6.45) is 1.53. The molecule has 1 amide bonds. The van der Waals surface area contributed by atoms with E-state index in [-0.39, 0.29) is 28.0 Å². The second-order valence-corrected chi connectivity index (χ2v) is 10.5. The van der Waals surface area contributed by atoms with Crippen LogP contribution in [0.1, 0.15) is 36.5 Å². The van der Waals surface area contributed by atoms with Crippen molar-refractivity contribution in [1.82, 2.24) is 0 Å². The van der Waals surface area contributed by atoms with Gasteiger partial charge in [-0.1, -0.05) is 6.07 Å². The minimum absolute atomic E-state index is 0.0193. The van der Waals surface area contributed by atoms with Crippen LogP contribution in [0.3, 0.4) is 0 Å². The fourth-order valence-corrected chi connectivity index (χ4v) is 6.40. The molecule has 2 aromatic carbocycles. The molecule has 3 saturated carbocycles. The Labute approximate surface area is 171 Å². The third-order valence-electron chi connectivity index (χ3n) is 6.42. The van der Waals surface area contributed by atoms with Crippen LogP contribution in [0.2, 0.25) is 0 Å². The van der Waals surface area contributed by atoms with Crippen LogP contribution in [-0.2, 0) is 9.84 Å². The molecular formula is C21H20F3NO4S. The Kier molecular flexibility index (Phi) is 4.93. The molecule has 0 aliphatic heterocycles. The Bertz CT molecular complexity index is 1100. The van der Waals surface area contributed by atoms with E-state index in [9.17, 15) is 31.5 Å². The van der Waals surface area contributed by atoms with Gasteiger partial charge in [0.1, 0.15) is 0 Å². The standard InChI is InChI=1S/C21H20F3NO4S/c1-21(27)12-6-13(21)8-16(7-12)30(28,29)15-4-2-3-11(5-15)20(26)25-14-9-17(22)19(24)18(23)10-14/h2-5,9-10,12-13,16,27H,6-8H2,1H3,(H,25,26)/t12?,13?,16-,21-. The number of carbonyl (C=O) groups excluding carboxylic acids is 1. The maximum atomic E-state index is 13.3. The first kappa shape index (κ1) is 20.9. The number of rotatable bonds is 4. The molecule has 0 radical (unpaired) electrons. The lowest BCUT2D eigenvalue weighted by Crippen LogP contribution is -2.60. The van der Waals surface area contributed by atoms with Gasteiger partial charge in [-0.15, -0.1) is 0 Å². The van der Waals surface area contributed by atoms with Gasteiger partial charge in [0.05, 0.1) is 15.7 Å². The predicted molar refractivity (Wildman–Crippen MR) is 103 cm³/mol. The zero-order chi connectivity index (χ0) is 21.8. The van der Waals surface area contributed by atoms with Gasteiger partial charge in [-0.05, 0) is 56.2 Å². The molecule has 0 heterocycles. The third kappa shape index (κ3) is 3.39. The summed E-state index contributed by atoms with van der Waals surface area (Å²) in [4.78, 5) is 12.4. The molecule has 0 aromatic heterocycles. The van der Waals surface area contributed by atoms with Crippen LogP contribution >= 0.6 is 0 Å². The average molecular weight is 439 g/mol. The van der Waals surface area contributed by atoms with E-state index >= 15 is 0 Å². The van der Waals surface area contributed by atoms with Crippen molar-refractivity contribution in [1.29, 1.82) is 0 Å². The quantitative estimate of drug-likeness (QED) is 0.712. The van der Waals surface area contributed by atoms with Crippen molar-refractivity contribution in [3.05, 3.63) is 59.4 Å². The van der Waals surface area contributed by atoms with Crippen LogP contribution in [0.15, 0.2) is 41.3 Å². The molecule has 2 aromatic rings. The zero-order valence-electron chi connectivity index (χ0n) is 16.0. The molecule has 3 fully saturated rings. The Morgan fingerprint density at radius 1 is 1.07 bits per heavy atom. The summed E-state index contributed by atoms with van der Waals surface area (Å²) in [7, 11) is -3.72. The van der Waals surface area contributed by atoms with Gasteiger partial charge in [-0.3, -0.25) is 4.79 Å². The summed E-state index contributed by atoms with van der Waals surface area (Å²) in [5, 5.41) is 11.9. The fraction of sp³-hybridized carbons (Fsp3) is 0.381. The predicted octanol–water partition coefficient (Wildman–Crippen LogP) is 3.68. The molecule has 3 aliphatic rings. The number of aliphatic hydroxyl groups is 1. The highest BCUT2D eigenvalue weighted by Crippen LogP contribution is 2.55. The molecule has 2 atom stereocenters. The van der Waals surface area contributed by atoms with Crippen molar-refractivity contribution in [3.63, 3.8) is 0 Å². The second-order valence-electron chi connectivity index (χ2n) is 8.23. The highest BCUT2D eigenvalue weighted by molar-refractivity contribution is 7.92. The summed E-state index contributed by atoms with van der Waals surface area (Å²) >= 11 is 0. The molecule has 160 valence electrons. The number of carbonyl (C=O) groups is 1. The molecule has 2 bridgehead atoms. The number of halogens is 3. The van der Waals surface area contributed by atoms with Gasteiger partial charge in [-0.25, -0.2) is 21.6 Å². The van der Waals surface area contributed by atoms with Gasteiger partial charge >= 0.3 is 0 Å². The number of amides is 1. The summed E-state index contributed by atoms with van der Waals surface area (Å²) in [6.45, 7) is 1.74. The van der Waals surface area contributed by atoms with Crippen LogP contribution in [0.5, 0.6) is 0 Å². The van der Waals surface area contributed by atoms with Crippen LogP contribution in [0.25, 0.3) is 0 Å². The summed E-state index contributed by atoms with van der Waals surface area (Å²) in [5.41, 5.74) is -1.14. The van der Waals surface area contributed by atoms with E-state index in [0.29, 0.717) is 25.0 Å². The van der Waals surface area contributed by atoms with Gasteiger partial charge in [0.2, 0.25) is 0 Å². The minimum atomic E-state index is -3.72. The lowest BCUT2D eigenvalue weighted by molar-refractivity contribution is -0.162.